The van der Waals surface area contributed by atoms with Gasteiger partial charge in [-0.15, -0.1) is 0 Å². The summed E-state index contributed by atoms with van der Waals surface area (Å²) >= 11 is 0. The van der Waals surface area contributed by atoms with Crippen molar-refractivity contribution in [3.63, 3.8) is 0 Å². The lowest BCUT2D eigenvalue weighted by Gasteiger charge is -2.32. The Morgan fingerprint density at radius 3 is 2.76 bits per heavy atom. The number of aliphatic hydroxyl groups excluding tert-OH is 1. The SMILES string of the molecule is Cc1ccc(S(C)(=O)=O)cc1C(=O)N1CCCC(CO)C1. The molecule has 1 N–H and O–H groups in total. The van der Waals surface area contributed by atoms with E-state index in [1.165, 1.54) is 12.1 Å². The van der Waals surface area contributed by atoms with Gasteiger partial charge in [0.25, 0.3) is 5.91 Å². The third-order valence-electron chi connectivity index (χ3n) is 3.93. The number of rotatable bonds is 3. The minimum Gasteiger partial charge on any atom is -0.396 e. The minimum atomic E-state index is -3.33. The first-order valence-corrected chi connectivity index (χ1v) is 8.93. The van der Waals surface area contributed by atoms with Crippen LogP contribution >= 0.6 is 0 Å². The lowest BCUT2D eigenvalue weighted by Crippen LogP contribution is -2.41. The number of carbonyl (C=O) groups is 1. The summed E-state index contributed by atoms with van der Waals surface area (Å²) in [6.45, 7) is 3.05. The minimum absolute atomic E-state index is 0.0755. The Kier molecular flexibility index (Phi) is 4.68. The zero-order valence-electron chi connectivity index (χ0n) is 12.4. The second-order valence-electron chi connectivity index (χ2n) is 5.69. The van der Waals surface area contributed by atoms with E-state index in [1.807, 2.05) is 0 Å². The molecule has 21 heavy (non-hydrogen) atoms. The van der Waals surface area contributed by atoms with E-state index in [0.717, 1.165) is 24.7 Å². The summed E-state index contributed by atoms with van der Waals surface area (Å²) in [6, 6.07) is 4.64. The number of hydrogen-bond acceptors (Lipinski definition) is 4. The number of aliphatic hydroxyl groups is 1. The topological polar surface area (TPSA) is 74.7 Å². The van der Waals surface area contributed by atoms with E-state index in [0.29, 0.717) is 18.7 Å². The van der Waals surface area contributed by atoms with Crippen molar-refractivity contribution in [2.45, 2.75) is 24.7 Å². The van der Waals surface area contributed by atoms with Gasteiger partial charge in [-0.05, 0) is 43.4 Å². The second-order valence-corrected chi connectivity index (χ2v) is 7.71. The predicted octanol–water partition coefficient (Wildman–Crippen LogP) is 1.24. The number of amides is 1. The molecule has 1 fully saturated rings. The summed E-state index contributed by atoms with van der Waals surface area (Å²) in [5.41, 5.74) is 1.19. The van der Waals surface area contributed by atoms with E-state index >= 15 is 0 Å². The monoisotopic (exact) mass is 311 g/mol. The highest BCUT2D eigenvalue weighted by molar-refractivity contribution is 7.90. The van der Waals surface area contributed by atoms with Crippen LogP contribution in [0.5, 0.6) is 0 Å². The van der Waals surface area contributed by atoms with Crippen LogP contribution in [0.25, 0.3) is 0 Å². The Hall–Kier alpha value is -1.40. The zero-order chi connectivity index (χ0) is 15.6. The molecule has 2 rings (SSSR count). The van der Waals surface area contributed by atoms with Crippen LogP contribution < -0.4 is 0 Å². The van der Waals surface area contributed by atoms with Gasteiger partial charge in [-0.2, -0.15) is 0 Å². The van der Waals surface area contributed by atoms with E-state index in [4.69, 9.17) is 0 Å². The maximum atomic E-state index is 12.6. The normalized spacial score (nSPS) is 19.6. The third kappa shape index (κ3) is 3.63. The predicted molar refractivity (Wildman–Crippen MR) is 80.0 cm³/mol. The van der Waals surface area contributed by atoms with E-state index in [9.17, 15) is 18.3 Å². The van der Waals surface area contributed by atoms with Crippen molar-refractivity contribution in [3.8, 4) is 0 Å². The van der Waals surface area contributed by atoms with Crippen LogP contribution in [0.15, 0.2) is 23.1 Å². The maximum absolute atomic E-state index is 12.6. The van der Waals surface area contributed by atoms with Crippen LogP contribution in [0.3, 0.4) is 0 Å². The average Bonchev–Trinajstić information content (AvgIpc) is 2.46. The quantitative estimate of drug-likeness (QED) is 0.911. The van der Waals surface area contributed by atoms with Crippen LogP contribution in [0.1, 0.15) is 28.8 Å². The standard InChI is InChI=1S/C15H21NO4S/c1-11-5-6-13(21(2,19)20)8-14(11)15(18)16-7-3-4-12(9-16)10-17/h5-6,8,12,17H,3-4,7,9-10H2,1-2H3. The number of hydrogen-bond donors (Lipinski definition) is 1. The molecule has 0 spiro atoms. The summed E-state index contributed by atoms with van der Waals surface area (Å²) < 4.78 is 23.3. The van der Waals surface area contributed by atoms with Crippen LogP contribution in [0.4, 0.5) is 0 Å². The Bertz CT molecular complexity index is 639. The molecule has 1 heterocycles. The van der Waals surface area contributed by atoms with Gasteiger partial charge >= 0.3 is 0 Å². The zero-order valence-corrected chi connectivity index (χ0v) is 13.2. The number of carbonyl (C=O) groups excluding carboxylic acids is 1. The molecule has 5 nitrogen and oxygen atoms in total. The molecule has 1 amide bonds. The van der Waals surface area contributed by atoms with Crippen molar-refractivity contribution in [1.82, 2.24) is 4.90 Å². The Morgan fingerprint density at radius 2 is 2.14 bits per heavy atom. The molecular weight excluding hydrogens is 290 g/mol. The lowest BCUT2D eigenvalue weighted by molar-refractivity contribution is 0.0620. The molecule has 1 aliphatic heterocycles. The van der Waals surface area contributed by atoms with Gasteiger partial charge in [0.05, 0.1) is 4.90 Å². The van der Waals surface area contributed by atoms with Crippen LogP contribution in [0, 0.1) is 12.8 Å². The Labute approximate surface area is 125 Å². The number of likely N-dealkylation sites (tertiary alicyclic amines) is 1. The largest absolute Gasteiger partial charge is 0.396 e. The van der Waals surface area contributed by atoms with Gasteiger partial charge in [0.1, 0.15) is 0 Å². The highest BCUT2D eigenvalue weighted by Gasteiger charge is 2.25. The molecule has 1 atom stereocenters. The molecule has 116 valence electrons. The van der Waals surface area contributed by atoms with E-state index in [2.05, 4.69) is 0 Å². The van der Waals surface area contributed by atoms with Crippen LogP contribution in [0.2, 0.25) is 0 Å². The summed E-state index contributed by atoms with van der Waals surface area (Å²) in [4.78, 5) is 14.5. The van der Waals surface area contributed by atoms with Crippen molar-refractivity contribution < 1.29 is 18.3 Å². The van der Waals surface area contributed by atoms with Gasteiger partial charge < -0.3 is 10.0 Å². The molecule has 0 saturated carbocycles. The molecule has 1 saturated heterocycles. The molecule has 0 aromatic heterocycles. The van der Waals surface area contributed by atoms with Gasteiger partial charge in [0, 0.05) is 31.5 Å². The highest BCUT2D eigenvalue weighted by atomic mass is 32.2. The highest BCUT2D eigenvalue weighted by Crippen LogP contribution is 2.21. The van der Waals surface area contributed by atoms with E-state index in [-0.39, 0.29) is 23.3 Å². The van der Waals surface area contributed by atoms with Gasteiger partial charge in [-0.3, -0.25) is 4.79 Å². The first kappa shape index (κ1) is 16.0. The fraction of sp³-hybridized carbons (Fsp3) is 0.533. The molecule has 0 aliphatic carbocycles. The van der Waals surface area contributed by atoms with Crippen LogP contribution in [-0.2, 0) is 9.84 Å². The molecule has 0 bridgehead atoms. The summed E-state index contributed by atoms with van der Waals surface area (Å²) in [5.74, 6) is -0.0442. The second kappa shape index (κ2) is 6.15. The Balaban J connectivity index is 2.30. The van der Waals surface area contributed by atoms with Crippen molar-refractivity contribution in [2.24, 2.45) is 5.92 Å². The Morgan fingerprint density at radius 1 is 1.43 bits per heavy atom. The lowest BCUT2D eigenvalue weighted by atomic mass is 9.97. The molecule has 6 heteroatoms. The maximum Gasteiger partial charge on any atom is 0.254 e. The smallest absolute Gasteiger partial charge is 0.254 e. The van der Waals surface area contributed by atoms with E-state index < -0.39 is 9.84 Å². The van der Waals surface area contributed by atoms with Gasteiger partial charge in [-0.25, -0.2) is 8.42 Å². The molecule has 1 aromatic carbocycles. The van der Waals surface area contributed by atoms with Gasteiger partial charge in [0.15, 0.2) is 9.84 Å². The number of nitrogens with zero attached hydrogens (tertiary/aromatic N) is 1. The van der Waals surface area contributed by atoms with Crippen molar-refractivity contribution in [3.05, 3.63) is 29.3 Å². The summed E-state index contributed by atoms with van der Waals surface area (Å²) in [7, 11) is -3.33. The van der Waals surface area contributed by atoms with Gasteiger partial charge in [0.2, 0.25) is 0 Å². The summed E-state index contributed by atoms with van der Waals surface area (Å²) in [5, 5.41) is 9.25. The van der Waals surface area contributed by atoms with Gasteiger partial charge in [-0.1, -0.05) is 6.07 Å². The van der Waals surface area contributed by atoms with E-state index in [1.54, 1.807) is 17.9 Å². The number of aryl methyl sites for hydroxylation is 1. The number of benzene rings is 1. The van der Waals surface area contributed by atoms with Crippen molar-refractivity contribution >= 4 is 15.7 Å². The first-order chi connectivity index (χ1) is 9.82. The number of sulfone groups is 1. The average molecular weight is 311 g/mol. The van der Waals surface area contributed by atoms with Crippen molar-refractivity contribution in [1.29, 1.82) is 0 Å². The molecule has 1 aliphatic rings. The molecule has 1 unspecified atom stereocenters. The fourth-order valence-corrected chi connectivity index (χ4v) is 3.28. The van der Waals surface area contributed by atoms with Crippen molar-refractivity contribution in [2.75, 3.05) is 26.0 Å². The summed E-state index contributed by atoms with van der Waals surface area (Å²) in [6.07, 6.45) is 2.92. The number of piperidine rings is 1. The van der Waals surface area contributed by atoms with Crippen LogP contribution in [-0.4, -0.2) is 50.3 Å². The fourth-order valence-electron chi connectivity index (χ4n) is 2.63. The third-order valence-corrected chi connectivity index (χ3v) is 5.04. The molecule has 1 aromatic rings. The first-order valence-electron chi connectivity index (χ1n) is 7.03. The molecule has 0 radical (unpaired) electrons. The molecular formula is C15H21NO4S.